The fourth-order valence-corrected chi connectivity index (χ4v) is 2.04. The molecule has 1 unspecified atom stereocenters. The third kappa shape index (κ3) is 3.68. The summed E-state index contributed by atoms with van der Waals surface area (Å²) in [6.07, 6.45) is 0.814. The molecular weight excluding hydrogens is 272 g/mol. The molecule has 1 heterocycles. The van der Waals surface area contributed by atoms with Gasteiger partial charge >= 0.3 is 0 Å². The van der Waals surface area contributed by atoms with Gasteiger partial charge in [-0.05, 0) is 24.6 Å². The number of para-hydroxylation sites is 1. The van der Waals surface area contributed by atoms with Gasteiger partial charge in [0.05, 0.1) is 23.6 Å². The number of nitrogens with one attached hydrogen (secondary N) is 1. The molecule has 1 aromatic carbocycles. The normalized spacial score (nSPS) is 12.3. The van der Waals surface area contributed by atoms with Gasteiger partial charge in [0.2, 0.25) is 0 Å². The lowest BCUT2D eigenvalue weighted by Gasteiger charge is -2.12. The lowest BCUT2D eigenvalue weighted by molar-refractivity contribution is -0.384. The first-order valence-corrected chi connectivity index (χ1v) is 6.82. The van der Waals surface area contributed by atoms with Gasteiger partial charge in [0.15, 0.2) is 0 Å². The average Bonchev–Trinajstić information content (AvgIpc) is 2.97. The third-order valence-electron chi connectivity index (χ3n) is 3.31. The lowest BCUT2D eigenvalue weighted by atomic mass is 10.1. The van der Waals surface area contributed by atoms with Gasteiger partial charge in [0, 0.05) is 12.1 Å². The van der Waals surface area contributed by atoms with Gasteiger partial charge in [-0.25, -0.2) is 0 Å². The van der Waals surface area contributed by atoms with E-state index in [0.717, 1.165) is 6.42 Å². The van der Waals surface area contributed by atoms with Crippen molar-refractivity contribution in [2.75, 3.05) is 6.61 Å². The molecule has 6 heteroatoms. The van der Waals surface area contributed by atoms with E-state index in [4.69, 9.17) is 9.52 Å². The van der Waals surface area contributed by atoms with Gasteiger partial charge in [0.25, 0.3) is 5.69 Å². The number of aliphatic hydroxyl groups excluding tert-OH is 1. The van der Waals surface area contributed by atoms with Crippen LogP contribution in [0.15, 0.2) is 40.8 Å². The van der Waals surface area contributed by atoms with Crippen molar-refractivity contribution in [2.24, 2.45) is 0 Å². The number of aliphatic hydroxyl groups is 1. The Balaban J connectivity index is 2.15. The van der Waals surface area contributed by atoms with Crippen LogP contribution in [0.25, 0.3) is 11.3 Å². The van der Waals surface area contributed by atoms with Crippen LogP contribution in [-0.4, -0.2) is 22.7 Å². The summed E-state index contributed by atoms with van der Waals surface area (Å²) in [5.41, 5.74) is 0.483. The van der Waals surface area contributed by atoms with Gasteiger partial charge in [-0.1, -0.05) is 19.1 Å². The molecule has 2 rings (SSSR count). The molecule has 0 amide bonds. The molecule has 1 aromatic heterocycles. The van der Waals surface area contributed by atoms with Crippen LogP contribution in [0, 0.1) is 10.1 Å². The lowest BCUT2D eigenvalue weighted by Crippen LogP contribution is -2.30. The first-order valence-electron chi connectivity index (χ1n) is 6.82. The summed E-state index contributed by atoms with van der Waals surface area (Å²) in [6.45, 7) is 2.52. The zero-order chi connectivity index (χ0) is 15.2. The maximum atomic E-state index is 11.0. The summed E-state index contributed by atoms with van der Waals surface area (Å²) in [5.74, 6) is 1.14. The number of hydrogen-bond acceptors (Lipinski definition) is 5. The molecule has 0 saturated heterocycles. The fourth-order valence-electron chi connectivity index (χ4n) is 2.04. The SMILES string of the molecule is CCC(CO)NCc1ccc(-c2ccccc2[N+](=O)[O-])o1. The second kappa shape index (κ2) is 7.01. The number of rotatable bonds is 7. The Morgan fingerprint density at radius 1 is 1.33 bits per heavy atom. The molecule has 0 spiro atoms. The molecule has 0 radical (unpaired) electrons. The molecule has 6 nitrogen and oxygen atoms in total. The molecule has 2 aromatic rings. The number of hydrogen-bond donors (Lipinski definition) is 2. The summed E-state index contributed by atoms with van der Waals surface area (Å²) in [4.78, 5) is 10.6. The van der Waals surface area contributed by atoms with Crippen LogP contribution in [-0.2, 0) is 6.54 Å². The van der Waals surface area contributed by atoms with E-state index in [1.807, 2.05) is 6.92 Å². The summed E-state index contributed by atoms with van der Waals surface area (Å²) in [7, 11) is 0. The highest BCUT2D eigenvalue weighted by Gasteiger charge is 2.17. The summed E-state index contributed by atoms with van der Waals surface area (Å²) >= 11 is 0. The highest BCUT2D eigenvalue weighted by molar-refractivity contribution is 5.69. The van der Waals surface area contributed by atoms with E-state index in [0.29, 0.717) is 23.6 Å². The Morgan fingerprint density at radius 3 is 2.76 bits per heavy atom. The monoisotopic (exact) mass is 290 g/mol. The Bertz CT molecular complexity index is 605. The van der Waals surface area contributed by atoms with Crippen molar-refractivity contribution >= 4 is 5.69 Å². The predicted octanol–water partition coefficient (Wildman–Crippen LogP) is 2.72. The van der Waals surface area contributed by atoms with Crippen LogP contribution in [0.5, 0.6) is 0 Å². The van der Waals surface area contributed by atoms with E-state index in [1.165, 1.54) is 6.07 Å². The topological polar surface area (TPSA) is 88.5 Å². The van der Waals surface area contributed by atoms with Crippen LogP contribution in [0.4, 0.5) is 5.69 Å². The second-order valence-electron chi connectivity index (χ2n) is 4.71. The number of nitrogens with zero attached hydrogens (tertiary/aromatic N) is 1. The van der Waals surface area contributed by atoms with Crippen molar-refractivity contribution < 1.29 is 14.4 Å². The van der Waals surface area contributed by atoms with Gasteiger partial charge in [-0.2, -0.15) is 0 Å². The maximum Gasteiger partial charge on any atom is 0.280 e. The Hall–Kier alpha value is -2.18. The smallest absolute Gasteiger partial charge is 0.280 e. The zero-order valence-corrected chi connectivity index (χ0v) is 11.8. The number of benzene rings is 1. The van der Waals surface area contributed by atoms with Crippen LogP contribution in [0.3, 0.4) is 0 Å². The van der Waals surface area contributed by atoms with Crippen molar-refractivity contribution in [3.05, 3.63) is 52.3 Å². The van der Waals surface area contributed by atoms with E-state index in [9.17, 15) is 10.1 Å². The van der Waals surface area contributed by atoms with Crippen molar-refractivity contribution in [1.82, 2.24) is 5.32 Å². The van der Waals surface area contributed by atoms with Crippen molar-refractivity contribution in [1.29, 1.82) is 0 Å². The molecule has 0 saturated carbocycles. The van der Waals surface area contributed by atoms with E-state index < -0.39 is 4.92 Å². The summed E-state index contributed by atoms with van der Waals surface area (Å²) in [6, 6.07) is 10.00. The minimum Gasteiger partial charge on any atom is -0.459 e. The molecule has 1 atom stereocenters. The standard InChI is InChI=1S/C15H18N2O4/c1-2-11(10-18)16-9-12-7-8-15(21-12)13-5-3-4-6-14(13)17(19)20/h3-8,11,16,18H,2,9-10H2,1H3. The van der Waals surface area contributed by atoms with Crippen LogP contribution in [0.2, 0.25) is 0 Å². The number of furan rings is 1. The predicted molar refractivity (Wildman–Crippen MR) is 78.8 cm³/mol. The van der Waals surface area contributed by atoms with Gasteiger partial charge in [-0.15, -0.1) is 0 Å². The molecule has 0 fully saturated rings. The van der Waals surface area contributed by atoms with Crippen molar-refractivity contribution in [3.63, 3.8) is 0 Å². The molecule has 112 valence electrons. The first-order chi connectivity index (χ1) is 10.2. The second-order valence-corrected chi connectivity index (χ2v) is 4.71. The Kier molecular flexibility index (Phi) is 5.08. The first kappa shape index (κ1) is 15.2. The van der Waals surface area contributed by atoms with Gasteiger partial charge in [0.1, 0.15) is 11.5 Å². The van der Waals surface area contributed by atoms with Gasteiger partial charge in [-0.3, -0.25) is 10.1 Å². The molecule has 0 bridgehead atoms. The summed E-state index contributed by atoms with van der Waals surface area (Å²) in [5, 5.41) is 23.3. The van der Waals surface area contributed by atoms with E-state index in [1.54, 1.807) is 30.3 Å². The molecule has 0 aliphatic heterocycles. The van der Waals surface area contributed by atoms with E-state index >= 15 is 0 Å². The van der Waals surface area contributed by atoms with Crippen molar-refractivity contribution in [3.8, 4) is 11.3 Å². The minimum absolute atomic E-state index is 0.0182. The molecule has 0 aliphatic carbocycles. The molecule has 21 heavy (non-hydrogen) atoms. The highest BCUT2D eigenvalue weighted by Crippen LogP contribution is 2.30. The largest absolute Gasteiger partial charge is 0.459 e. The molecule has 0 aliphatic rings. The zero-order valence-electron chi connectivity index (χ0n) is 11.8. The molecular formula is C15H18N2O4. The number of nitro benzene ring substituents is 1. The van der Waals surface area contributed by atoms with Crippen LogP contribution < -0.4 is 5.32 Å². The average molecular weight is 290 g/mol. The fraction of sp³-hybridized carbons (Fsp3) is 0.333. The third-order valence-corrected chi connectivity index (χ3v) is 3.31. The summed E-state index contributed by atoms with van der Waals surface area (Å²) < 4.78 is 5.65. The highest BCUT2D eigenvalue weighted by atomic mass is 16.6. The molecule has 2 N–H and O–H groups in total. The van der Waals surface area contributed by atoms with Gasteiger partial charge < -0.3 is 14.8 Å². The van der Waals surface area contributed by atoms with Crippen LogP contribution >= 0.6 is 0 Å². The van der Waals surface area contributed by atoms with Crippen LogP contribution in [0.1, 0.15) is 19.1 Å². The Morgan fingerprint density at radius 2 is 2.10 bits per heavy atom. The van der Waals surface area contributed by atoms with E-state index in [2.05, 4.69) is 5.32 Å². The maximum absolute atomic E-state index is 11.0. The van der Waals surface area contributed by atoms with Crippen molar-refractivity contribution in [2.45, 2.75) is 25.9 Å². The Labute approximate surface area is 122 Å². The quantitative estimate of drug-likeness (QED) is 0.604. The number of nitro groups is 1. The minimum atomic E-state index is -0.422. The van der Waals surface area contributed by atoms with E-state index in [-0.39, 0.29) is 18.3 Å².